The first kappa shape index (κ1) is 10.1. The van der Waals surface area contributed by atoms with Gasteiger partial charge in [0.05, 0.1) is 5.52 Å². The number of nitrogens with zero attached hydrogens (tertiary/aromatic N) is 1. The van der Waals surface area contributed by atoms with E-state index in [4.69, 9.17) is 0 Å². The number of fused-ring (bicyclic) bond motifs is 1. The molecule has 3 heteroatoms. The Morgan fingerprint density at radius 1 is 1.33 bits per heavy atom. The summed E-state index contributed by atoms with van der Waals surface area (Å²) >= 11 is 0. The summed E-state index contributed by atoms with van der Waals surface area (Å²) < 4.78 is 14.0. The van der Waals surface area contributed by atoms with Crippen LogP contribution in [0.1, 0.15) is 36.6 Å². The van der Waals surface area contributed by atoms with Crippen LogP contribution in [0.25, 0.3) is 10.9 Å². The lowest BCUT2D eigenvalue weighted by Gasteiger charge is -2.11. The predicted octanol–water partition coefficient (Wildman–Crippen LogP) is 3.44. The molecule has 0 unspecified atom stereocenters. The third-order valence-corrected chi connectivity index (χ3v) is 2.76. The number of halogens is 1. The summed E-state index contributed by atoms with van der Waals surface area (Å²) in [6, 6.07) is 1.79. The number of nitrogens with one attached hydrogen (secondary N) is 1. The number of hydrogen-bond donors (Lipinski definition) is 1. The van der Waals surface area contributed by atoms with Gasteiger partial charge in [0, 0.05) is 16.6 Å². The van der Waals surface area contributed by atoms with Crippen molar-refractivity contribution in [3.05, 3.63) is 28.7 Å². The van der Waals surface area contributed by atoms with Crippen LogP contribution in [0.4, 0.5) is 4.39 Å². The van der Waals surface area contributed by atoms with Crippen molar-refractivity contribution in [3.63, 3.8) is 0 Å². The molecule has 0 aliphatic heterocycles. The summed E-state index contributed by atoms with van der Waals surface area (Å²) in [6.45, 7) is 7.72. The van der Waals surface area contributed by atoms with Gasteiger partial charge in [0.15, 0.2) is 0 Å². The Morgan fingerprint density at radius 3 is 2.60 bits per heavy atom. The second-order valence-electron chi connectivity index (χ2n) is 4.32. The van der Waals surface area contributed by atoms with E-state index in [-0.39, 0.29) is 11.7 Å². The molecule has 80 valence electrons. The van der Waals surface area contributed by atoms with Gasteiger partial charge in [-0.25, -0.2) is 4.39 Å². The zero-order valence-corrected chi connectivity index (χ0v) is 9.48. The molecule has 0 fully saturated rings. The summed E-state index contributed by atoms with van der Waals surface area (Å²) in [5, 5.41) is 8.02. The quantitative estimate of drug-likeness (QED) is 0.760. The molecule has 0 atom stereocenters. The topological polar surface area (TPSA) is 28.7 Å². The Balaban J connectivity index is 2.93. The van der Waals surface area contributed by atoms with E-state index in [1.54, 1.807) is 13.0 Å². The van der Waals surface area contributed by atoms with Crippen LogP contribution in [0, 0.1) is 19.7 Å². The van der Waals surface area contributed by atoms with E-state index in [2.05, 4.69) is 10.2 Å². The van der Waals surface area contributed by atoms with Gasteiger partial charge in [-0.1, -0.05) is 13.8 Å². The number of H-pyrrole nitrogens is 1. The molecule has 0 saturated carbocycles. The third-order valence-electron chi connectivity index (χ3n) is 2.76. The molecule has 1 N–H and O–H groups in total. The number of benzene rings is 1. The summed E-state index contributed by atoms with van der Waals surface area (Å²) in [4.78, 5) is 0. The van der Waals surface area contributed by atoms with Gasteiger partial charge in [-0.05, 0) is 31.4 Å². The molecule has 1 heterocycles. The standard InChI is InChI=1S/C12H15FN2/c1-6(2)10-11-8(4)14-15-9(11)5-7(3)12(10)13/h5-6H,1-4H3,(H,14,15). The zero-order valence-electron chi connectivity index (χ0n) is 9.48. The molecular formula is C12H15FN2. The lowest BCUT2D eigenvalue weighted by molar-refractivity contribution is 0.593. The highest BCUT2D eigenvalue weighted by molar-refractivity contribution is 5.86. The van der Waals surface area contributed by atoms with Crippen LogP contribution in [0.5, 0.6) is 0 Å². The van der Waals surface area contributed by atoms with Gasteiger partial charge in [0.25, 0.3) is 0 Å². The Labute approximate surface area is 88.5 Å². The molecular weight excluding hydrogens is 191 g/mol. The Kier molecular flexibility index (Phi) is 2.25. The van der Waals surface area contributed by atoms with Crippen molar-refractivity contribution in [3.8, 4) is 0 Å². The number of hydrogen-bond acceptors (Lipinski definition) is 1. The monoisotopic (exact) mass is 206 g/mol. The van der Waals surface area contributed by atoms with Crippen molar-refractivity contribution in [2.45, 2.75) is 33.6 Å². The molecule has 2 rings (SSSR count). The first-order chi connectivity index (χ1) is 7.02. The highest BCUT2D eigenvalue weighted by Gasteiger charge is 2.17. The molecule has 0 amide bonds. The van der Waals surface area contributed by atoms with Crippen molar-refractivity contribution in [1.29, 1.82) is 0 Å². The minimum atomic E-state index is -0.0954. The zero-order chi connectivity index (χ0) is 11.2. The smallest absolute Gasteiger partial charge is 0.130 e. The van der Waals surface area contributed by atoms with E-state index in [1.165, 1.54) is 0 Å². The number of aromatic nitrogens is 2. The van der Waals surface area contributed by atoms with E-state index in [0.717, 1.165) is 22.2 Å². The molecule has 0 radical (unpaired) electrons. The fourth-order valence-corrected chi connectivity index (χ4v) is 2.03. The van der Waals surface area contributed by atoms with E-state index in [9.17, 15) is 4.39 Å². The maximum absolute atomic E-state index is 14.0. The second kappa shape index (κ2) is 3.33. The molecule has 2 aromatic rings. The maximum atomic E-state index is 14.0. The van der Waals surface area contributed by atoms with Crippen molar-refractivity contribution >= 4 is 10.9 Å². The molecule has 0 bridgehead atoms. The SMILES string of the molecule is Cc1cc2n[nH]c(C)c2c(C(C)C)c1F. The Bertz CT molecular complexity index is 512. The minimum Gasteiger partial charge on any atom is -0.282 e. The van der Waals surface area contributed by atoms with Gasteiger partial charge >= 0.3 is 0 Å². The van der Waals surface area contributed by atoms with Gasteiger partial charge < -0.3 is 0 Å². The van der Waals surface area contributed by atoms with Crippen LogP contribution in [0.15, 0.2) is 6.07 Å². The first-order valence-corrected chi connectivity index (χ1v) is 5.16. The highest BCUT2D eigenvalue weighted by Crippen LogP contribution is 2.31. The molecule has 0 aliphatic rings. The van der Waals surface area contributed by atoms with Crippen LogP contribution in [0.3, 0.4) is 0 Å². The normalized spacial score (nSPS) is 11.6. The summed E-state index contributed by atoms with van der Waals surface area (Å²) in [5.41, 5.74) is 3.23. The summed E-state index contributed by atoms with van der Waals surface area (Å²) in [7, 11) is 0. The fourth-order valence-electron chi connectivity index (χ4n) is 2.03. The largest absolute Gasteiger partial charge is 0.282 e. The molecule has 1 aromatic carbocycles. The van der Waals surface area contributed by atoms with Crippen molar-refractivity contribution in [2.24, 2.45) is 0 Å². The van der Waals surface area contributed by atoms with Crippen LogP contribution < -0.4 is 0 Å². The fraction of sp³-hybridized carbons (Fsp3) is 0.417. The highest BCUT2D eigenvalue weighted by atomic mass is 19.1. The maximum Gasteiger partial charge on any atom is 0.130 e. The van der Waals surface area contributed by atoms with E-state index >= 15 is 0 Å². The molecule has 0 aliphatic carbocycles. The van der Waals surface area contributed by atoms with Crippen LogP contribution in [-0.2, 0) is 0 Å². The lowest BCUT2D eigenvalue weighted by atomic mass is 9.95. The van der Waals surface area contributed by atoms with E-state index in [0.29, 0.717) is 5.56 Å². The predicted molar refractivity (Wildman–Crippen MR) is 59.6 cm³/mol. The number of aromatic amines is 1. The Hall–Kier alpha value is -1.38. The molecule has 1 aromatic heterocycles. The van der Waals surface area contributed by atoms with Crippen molar-refractivity contribution < 1.29 is 4.39 Å². The molecule has 0 saturated heterocycles. The third kappa shape index (κ3) is 1.42. The Morgan fingerprint density at radius 2 is 2.00 bits per heavy atom. The lowest BCUT2D eigenvalue weighted by Crippen LogP contribution is -1.97. The van der Waals surface area contributed by atoms with E-state index in [1.807, 2.05) is 20.8 Å². The van der Waals surface area contributed by atoms with E-state index < -0.39 is 0 Å². The van der Waals surface area contributed by atoms with Gasteiger partial charge in [0.2, 0.25) is 0 Å². The van der Waals surface area contributed by atoms with Gasteiger partial charge in [-0.15, -0.1) is 0 Å². The second-order valence-corrected chi connectivity index (χ2v) is 4.32. The number of aryl methyl sites for hydroxylation is 2. The van der Waals surface area contributed by atoms with Crippen molar-refractivity contribution in [2.75, 3.05) is 0 Å². The van der Waals surface area contributed by atoms with Crippen LogP contribution in [0.2, 0.25) is 0 Å². The summed E-state index contributed by atoms with van der Waals surface area (Å²) in [5.74, 6) is 0.0747. The van der Waals surface area contributed by atoms with Crippen molar-refractivity contribution in [1.82, 2.24) is 10.2 Å². The minimum absolute atomic E-state index is 0.0954. The van der Waals surface area contributed by atoms with Gasteiger partial charge in [-0.2, -0.15) is 5.10 Å². The first-order valence-electron chi connectivity index (χ1n) is 5.16. The average molecular weight is 206 g/mol. The average Bonchev–Trinajstić information content (AvgIpc) is 2.49. The summed E-state index contributed by atoms with van der Waals surface area (Å²) in [6.07, 6.45) is 0. The van der Waals surface area contributed by atoms with Gasteiger partial charge in [-0.3, -0.25) is 5.10 Å². The number of rotatable bonds is 1. The molecule has 2 nitrogen and oxygen atoms in total. The van der Waals surface area contributed by atoms with Crippen LogP contribution in [-0.4, -0.2) is 10.2 Å². The van der Waals surface area contributed by atoms with Gasteiger partial charge in [0.1, 0.15) is 5.82 Å². The molecule has 15 heavy (non-hydrogen) atoms. The van der Waals surface area contributed by atoms with Crippen LogP contribution >= 0.6 is 0 Å². The molecule has 0 spiro atoms.